The lowest BCUT2D eigenvalue weighted by Gasteiger charge is -1.46. The van der Waals surface area contributed by atoms with E-state index in [0.29, 0.717) is 0 Å². The molecule has 0 amide bonds. The van der Waals surface area contributed by atoms with Crippen molar-refractivity contribution in [2.45, 2.75) is 0 Å². The molecule has 25 valence electrons. The van der Waals surface area contributed by atoms with Crippen LogP contribution in [0.25, 0.3) is 0 Å². The van der Waals surface area contributed by atoms with E-state index in [2.05, 4.69) is 0 Å². The highest BCUT2D eigenvalue weighted by Crippen LogP contribution is 1.08. The van der Waals surface area contributed by atoms with E-state index in [4.69, 9.17) is 10.0 Å². The molecule has 0 aromatic rings. The van der Waals surface area contributed by atoms with Gasteiger partial charge in [-0.2, -0.15) is 0 Å². The minimum absolute atomic E-state index is 0. The molecule has 0 atom stereocenters. The van der Waals surface area contributed by atoms with Gasteiger partial charge in [-0.15, -0.1) is 0 Å². The summed E-state index contributed by atoms with van der Waals surface area (Å²) in [5.74, 6) is 0. The van der Waals surface area contributed by atoms with Gasteiger partial charge in [-0.25, -0.2) is 0 Å². The molecular formula is H3BFO2. The van der Waals surface area contributed by atoms with Gasteiger partial charge in [0.2, 0.25) is 0 Å². The largest absolute Gasteiger partial charge is 0.482 e. The Hall–Kier alpha value is -0.0851. The van der Waals surface area contributed by atoms with Crippen molar-refractivity contribution in [2.75, 3.05) is 0 Å². The minimum Gasteiger partial charge on any atom is -0.429 e. The number of halogens is 1. The van der Waals surface area contributed by atoms with Crippen LogP contribution in [0.1, 0.15) is 0 Å². The van der Waals surface area contributed by atoms with Gasteiger partial charge in [-0.1, -0.05) is 0 Å². The second-order valence-corrected chi connectivity index (χ2v) is 0.115. The van der Waals surface area contributed by atoms with Gasteiger partial charge < -0.3 is 10.0 Å². The zero-order chi connectivity index (χ0) is 2.71. The van der Waals surface area contributed by atoms with Crippen LogP contribution >= 0.6 is 0 Å². The third-order valence-corrected chi connectivity index (χ3v) is 0. The third kappa shape index (κ3) is 222. The van der Waals surface area contributed by atoms with Crippen molar-refractivity contribution in [1.29, 1.82) is 0 Å². The molecule has 0 aliphatic carbocycles. The standard InChI is InChI=1S/BH2O2.FH/c2-1-3;/h2-3H;1H. The van der Waals surface area contributed by atoms with Crippen molar-refractivity contribution in [3.05, 3.63) is 0 Å². The van der Waals surface area contributed by atoms with Crippen molar-refractivity contribution in [1.82, 2.24) is 0 Å². The Labute approximate surface area is 23.7 Å². The van der Waals surface area contributed by atoms with Gasteiger partial charge in [0, 0.05) is 0 Å². The summed E-state index contributed by atoms with van der Waals surface area (Å²) < 4.78 is 0. The maximum Gasteiger partial charge on any atom is 0.482 e. The molecule has 1 radical (unpaired) electrons. The highest BCUT2D eigenvalue weighted by atomic mass is 19.0. The van der Waals surface area contributed by atoms with Crippen molar-refractivity contribution in [2.24, 2.45) is 0 Å². The van der Waals surface area contributed by atoms with Crippen LogP contribution in [0.2, 0.25) is 0 Å². The number of hydrogen-bond acceptors (Lipinski definition) is 2. The van der Waals surface area contributed by atoms with Gasteiger partial charge in [0.25, 0.3) is 0 Å². The first-order chi connectivity index (χ1) is 1.41. The SMILES string of the molecule is F.O[B]O. The summed E-state index contributed by atoms with van der Waals surface area (Å²) >= 11 is 0. The molecule has 2 N–H and O–H groups in total. The molecule has 0 bridgehead atoms. The van der Waals surface area contributed by atoms with Gasteiger partial charge in [0.05, 0.1) is 0 Å². The Kier molecular flexibility index (Phi) is 29.0. The summed E-state index contributed by atoms with van der Waals surface area (Å²) in [4.78, 5) is 0. The topological polar surface area (TPSA) is 40.5 Å². The summed E-state index contributed by atoms with van der Waals surface area (Å²) in [6.45, 7) is 0. The normalized spacial score (nSPS) is 3.50. The van der Waals surface area contributed by atoms with Crippen molar-refractivity contribution >= 4 is 7.69 Å². The summed E-state index contributed by atoms with van der Waals surface area (Å²) in [6, 6.07) is 0. The molecule has 0 aromatic carbocycles. The predicted molar refractivity (Wildman–Crippen MR) is 12.7 cm³/mol. The molecule has 2 nitrogen and oxygen atoms in total. The maximum absolute atomic E-state index is 7.00. The van der Waals surface area contributed by atoms with Crippen LogP contribution in [-0.2, 0) is 0 Å². The van der Waals surface area contributed by atoms with E-state index in [1.807, 2.05) is 0 Å². The molecule has 0 rings (SSSR count). The first-order valence-corrected chi connectivity index (χ1v) is 0.516. The van der Waals surface area contributed by atoms with E-state index >= 15 is 0 Å². The lowest BCUT2D eigenvalue weighted by molar-refractivity contribution is 0.448. The summed E-state index contributed by atoms with van der Waals surface area (Å²) in [5, 5.41) is 14.0. The Morgan fingerprint density at radius 1 is 1.25 bits per heavy atom. The molecule has 0 spiro atoms. The molecule has 0 saturated heterocycles. The summed E-state index contributed by atoms with van der Waals surface area (Å²) in [5.41, 5.74) is 0. The number of rotatable bonds is 0. The Morgan fingerprint density at radius 3 is 1.25 bits per heavy atom. The van der Waals surface area contributed by atoms with E-state index in [1.54, 1.807) is 0 Å². The zero-order valence-electron chi connectivity index (χ0n) is 1.88. The average Bonchev–Trinajstić information content (AvgIpc) is 0.918. The van der Waals surface area contributed by atoms with Gasteiger partial charge in [-0.05, 0) is 0 Å². The van der Waals surface area contributed by atoms with E-state index in [1.165, 1.54) is 0 Å². The molecule has 4 heavy (non-hydrogen) atoms. The molecule has 0 heterocycles. The van der Waals surface area contributed by atoms with E-state index in [0.717, 1.165) is 0 Å². The second-order valence-electron chi connectivity index (χ2n) is 0.115. The Bertz CT molecular complexity index is 6.00. The second kappa shape index (κ2) is 12.8. The average molecular weight is 64.8 g/mol. The van der Waals surface area contributed by atoms with Crippen LogP contribution in [0, 0.1) is 0 Å². The first kappa shape index (κ1) is 9.07. The van der Waals surface area contributed by atoms with Gasteiger partial charge in [-0.3, -0.25) is 4.70 Å². The van der Waals surface area contributed by atoms with Gasteiger partial charge in [0.15, 0.2) is 0 Å². The molecular weight excluding hydrogens is 61.8 g/mol. The maximum atomic E-state index is 7.00. The molecule has 0 aromatic heterocycles. The molecule has 0 unspecified atom stereocenters. The lowest BCUT2D eigenvalue weighted by atomic mass is 10.5. The third-order valence-electron chi connectivity index (χ3n) is 0. The van der Waals surface area contributed by atoms with Crippen LogP contribution in [0.5, 0.6) is 0 Å². The monoisotopic (exact) mass is 65.0 g/mol. The number of hydrogen-bond donors (Lipinski definition) is 2. The Morgan fingerprint density at radius 2 is 1.25 bits per heavy atom. The van der Waals surface area contributed by atoms with E-state index in [-0.39, 0.29) is 12.4 Å². The molecule has 4 heteroatoms. The fourth-order valence-corrected chi connectivity index (χ4v) is 0. The zero-order valence-corrected chi connectivity index (χ0v) is 1.88. The van der Waals surface area contributed by atoms with Gasteiger partial charge >= 0.3 is 7.69 Å². The highest BCUT2D eigenvalue weighted by molar-refractivity contribution is 6.13. The highest BCUT2D eigenvalue weighted by Gasteiger charge is 1.51. The van der Waals surface area contributed by atoms with Crippen molar-refractivity contribution in [3.8, 4) is 0 Å². The minimum atomic E-state index is 0. The molecule has 0 aliphatic rings. The van der Waals surface area contributed by atoms with Crippen LogP contribution in [0.4, 0.5) is 4.70 Å². The van der Waals surface area contributed by atoms with Crippen LogP contribution in [-0.4, -0.2) is 17.7 Å². The van der Waals surface area contributed by atoms with E-state index in [9.17, 15) is 0 Å². The quantitative estimate of drug-likeness (QED) is 0.343. The van der Waals surface area contributed by atoms with E-state index < -0.39 is 0 Å². The molecule has 0 fully saturated rings. The fraction of sp³-hybridized carbons (Fsp3) is 0. The smallest absolute Gasteiger partial charge is 0.429 e. The van der Waals surface area contributed by atoms with Crippen LogP contribution in [0.15, 0.2) is 0 Å². The lowest BCUT2D eigenvalue weighted by Crippen LogP contribution is -1.75. The summed E-state index contributed by atoms with van der Waals surface area (Å²) in [6.07, 6.45) is 0. The van der Waals surface area contributed by atoms with Crippen LogP contribution in [0.3, 0.4) is 0 Å². The first-order valence-electron chi connectivity index (χ1n) is 0.516. The van der Waals surface area contributed by atoms with Gasteiger partial charge in [0.1, 0.15) is 0 Å². The Balaban J connectivity index is 0. The van der Waals surface area contributed by atoms with Crippen LogP contribution < -0.4 is 0 Å². The van der Waals surface area contributed by atoms with Crippen molar-refractivity contribution < 1.29 is 14.8 Å². The summed E-state index contributed by atoms with van der Waals surface area (Å²) in [7, 11) is 0. The fourth-order valence-electron chi connectivity index (χ4n) is 0. The predicted octanol–water partition coefficient (Wildman–Crippen LogP) is -1.34. The molecule has 0 saturated carbocycles. The molecule has 0 aliphatic heterocycles. The van der Waals surface area contributed by atoms with Crippen molar-refractivity contribution in [3.63, 3.8) is 0 Å².